The molecule has 0 aliphatic carbocycles. The Balaban J connectivity index is 2.17. The topological polar surface area (TPSA) is 84.7 Å². The summed E-state index contributed by atoms with van der Waals surface area (Å²) in [5.74, 6) is 0. The highest BCUT2D eigenvalue weighted by molar-refractivity contribution is 7.89. The van der Waals surface area contributed by atoms with Gasteiger partial charge in [0.25, 0.3) is 0 Å². The maximum absolute atomic E-state index is 12.0. The normalized spacial score (nSPS) is 20.1. The van der Waals surface area contributed by atoms with Gasteiger partial charge in [0, 0.05) is 26.7 Å². The van der Waals surface area contributed by atoms with Crippen LogP contribution in [0.15, 0.2) is 23.1 Å². The number of rotatable bonds is 4. The van der Waals surface area contributed by atoms with Crippen LogP contribution in [0, 0.1) is 0 Å². The first-order valence-corrected chi connectivity index (χ1v) is 8.01. The number of nitrogens with two attached hydrogens (primary N) is 1. The van der Waals surface area contributed by atoms with Gasteiger partial charge in [0.2, 0.25) is 10.0 Å². The molecule has 7 heteroatoms. The summed E-state index contributed by atoms with van der Waals surface area (Å²) in [6, 6.07) is 4.99. The minimum Gasteiger partial charge on any atom is -0.397 e. The molecular formula is C13H21N3O3S. The number of sulfonamides is 1. The molecule has 6 nitrogen and oxygen atoms in total. The van der Waals surface area contributed by atoms with E-state index in [1.165, 1.54) is 24.5 Å². The van der Waals surface area contributed by atoms with Crippen LogP contribution in [-0.4, -0.2) is 46.1 Å². The minimum atomic E-state index is -3.45. The monoisotopic (exact) mass is 299 g/mol. The molecule has 1 aliphatic rings. The van der Waals surface area contributed by atoms with E-state index in [2.05, 4.69) is 5.32 Å². The number of anilines is 2. The number of benzene rings is 1. The fraction of sp³-hybridized carbons (Fsp3) is 0.538. The van der Waals surface area contributed by atoms with Crippen LogP contribution in [0.3, 0.4) is 0 Å². The van der Waals surface area contributed by atoms with Gasteiger partial charge in [-0.1, -0.05) is 0 Å². The van der Waals surface area contributed by atoms with Crippen molar-refractivity contribution >= 4 is 21.4 Å². The summed E-state index contributed by atoms with van der Waals surface area (Å²) in [5, 5.41) is 3.30. The van der Waals surface area contributed by atoms with Crippen LogP contribution >= 0.6 is 0 Å². The van der Waals surface area contributed by atoms with Crippen LogP contribution in [0.2, 0.25) is 0 Å². The van der Waals surface area contributed by atoms with Crippen molar-refractivity contribution in [1.82, 2.24) is 4.31 Å². The van der Waals surface area contributed by atoms with Crippen molar-refractivity contribution in [2.45, 2.75) is 23.8 Å². The lowest BCUT2D eigenvalue weighted by Gasteiger charge is -2.25. The van der Waals surface area contributed by atoms with Gasteiger partial charge in [-0.25, -0.2) is 12.7 Å². The van der Waals surface area contributed by atoms with Crippen LogP contribution in [0.5, 0.6) is 0 Å². The third kappa shape index (κ3) is 3.23. The summed E-state index contributed by atoms with van der Waals surface area (Å²) in [4.78, 5) is 0.199. The zero-order valence-corrected chi connectivity index (χ0v) is 12.6. The predicted octanol–water partition coefficient (Wildman–Crippen LogP) is 1.11. The lowest BCUT2D eigenvalue weighted by Crippen LogP contribution is -2.30. The number of nitrogens with one attached hydrogen (secondary N) is 1. The molecule has 1 aliphatic heterocycles. The smallest absolute Gasteiger partial charge is 0.242 e. The van der Waals surface area contributed by atoms with Crippen LogP contribution in [0.25, 0.3) is 0 Å². The van der Waals surface area contributed by atoms with E-state index >= 15 is 0 Å². The van der Waals surface area contributed by atoms with Crippen molar-refractivity contribution in [3.8, 4) is 0 Å². The molecule has 1 heterocycles. The Morgan fingerprint density at radius 3 is 2.70 bits per heavy atom. The molecule has 112 valence electrons. The molecule has 1 saturated heterocycles. The Morgan fingerprint density at radius 1 is 1.40 bits per heavy atom. The van der Waals surface area contributed by atoms with Gasteiger partial charge in [0.05, 0.1) is 22.9 Å². The Morgan fingerprint density at radius 2 is 2.15 bits per heavy atom. The highest BCUT2D eigenvalue weighted by atomic mass is 32.2. The zero-order valence-electron chi connectivity index (χ0n) is 11.8. The van der Waals surface area contributed by atoms with Crippen molar-refractivity contribution in [1.29, 1.82) is 0 Å². The Bertz CT molecular complexity index is 566. The highest BCUT2D eigenvalue weighted by Crippen LogP contribution is 2.25. The average Bonchev–Trinajstić information content (AvgIpc) is 2.42. The van der Waals surface area contributed by atoms with E-state index in [1.54, 1.807) is 12.1 Å². The molecule has 0 radical (unpaired) electrons. The fourth-order valence-corrected chi connectivity index (χ4v) is 3.06. The lowest BCUT2D eigenvalue weighted by atomic mass is 10.1. The second-order valence-corrected chi connectivity index (χ2v) is 7.25. The predicted molar refractivity (Wildman–Crippen MR) is 79.2 cm³/mol. The Kier molecular flexibility index (Phi) is 4.52. The van der Waals surface area contributed by atoms with Gasteiger partial charge in [0.15, 0.2) is 0 Å². The van der Waals surface area contributed by atoms with Crippen molar-refractivity contribution in [2.24, 2.45) is 0 Å². The van der Waals surface area contributed by atoms with Crippen LogP contribution in [0.1, 0.15) is 12.8 Å². The van der Waals surface area contributed by atoms with Crippen molar-refractivity contribution in [3.63, 3.8) is 0 Å². The van der Waals surface area contributed by atoms with Crippen molar-refractivity contribution in [3.05, 3.63) is 18.2 Å². The molecule has 20 heavy (non-hydrogen) atoms. The molecule has 1 fully saturated rings. The van der Waals surface area contributed by atoms with Crippen molar-refractivity contribution in [2.75, 3.05) is 38.4 Å². The third-order valence-corrected chi connectivity index (χ3v) is 5.13. The average molecular weight is 299 g/mol. The summed E-state index contributed by atoms with van der Waals surface area (Å²) >= 11 is 0. The molecule has 2 rings (SSSR count). The molecule has 0 spiro atoms. The van der Waals surface area contributed by atoms with Crippen molar-refractivity contribution < 1.29 is 13.2 Å². The largest absolute Gasteiger partial charge is 0.397 e. The summed E-state index contributed by atoms with van der Waals surface area (Å²) in [5.41, 5.74) is 7.13. The van der Waals surface area contributed by atoms with Gasteiger partial charge in [-0.2, -0.15) is 0 Å². The number of ether oxygens (including phenoxy) is 1. The molecule has 1 aromatic carbocycles. The van der Waals surface area contributed by atoms with Crippen LogP contribution in [-0.2, 0) is 14.8 Å². The SMILES string of the molecule is CN(C)S(=O)(=O)c1ccc(NC2CCCOC2)c(N)c1. The molecule has 3 N–H and O–H groups in total. The fourth-order valence-electron chi connectivity index (χ4n) is 2.12. The maximum atomic E-state index is 12.0. The Labute approximate surface area is 120 Å². The second kappa shape index (κ2) is 5.99. The van der Waals surface area contributed by atoms with Gasteiger partial charge in [-0.15, -0.1) is 0 Å². The van der Waals surface area contributed by atoms with E-state index in [9.17, 15) is 8.42 Å². The Hall–Kier alpha value is -1.31. The number of hydrogen-bond donors (Lipinski definition) is 2. The zero-order chi connectivity index (χ0) is 14.8. The molecular weight excluding hydrogens is 278 g/mol. The summed E-state index contributed by atoms with van der Waals surface area (Å²) in [6.45, 7) is 1.45. The molecule has 0 bridgehead atoms. The first kappa shape index (κ1) is 15.1. The number of nitrogens with zero attached hydrogens (tertiary/aromatic N) is 1. The van der Waals surface area contributed by atoms with Gasteiger partial charge in [0.1, 0.15) is 0 Å². The molecule has 0 aromatic heterocycles. The molecule has 1 unspecified atom stereocenters. The van der Waals surface area contributed by atoms with Crippen LogP contribution in [0.4, 0.5) is 11.4 Å². The summed E-state index contributed by atoms with van der Waals surface area (Å²) in [6.07, 6.45) is 2.04. The van der Waals surface area contributed by atoms with E-state index in [4.69, 9.17) is 10.5 Å². The minimum absolute atomic E-state index is 0.199. The molecule has 0 saturated carbocycles. The number of hydrogen-bond acceptors (Lipinski definition) is 5. The van der Waals surface area contributed by atoms with E-state index in [0.717, 1.165) is 25.1 Å². The van der Waals surface area contributed by atoms with E-state index in [-0.39, 0.29) is 10.9 Å². The maximum Gasteiger partial charge on any atom is 0.242 e. The van der Waals surface area contributed by atoms with E-state index in [1.807, 2.05) is 0 Å². The number of nitrogen functional groups attached to an aromatic ring is 1. The van der Waals surface area contributed by atoms with E-state index < -0.39 is 10.0 Å². The lowest BCUT2D eigenvalue weighted by molar-refractivity contribution is 0.0876. The van der Waals surface area contributed by atoms with E-state index in [0.29, 0.717) is 12.3 Å². The highest BCUT2D eigenvalue weighted by Gasteiger charge is 2.19. The van der Waals surface area contributed by atoms with Gasteiger partial charge >= 0.3 is 0 Å². The van der Waals surface area contributed by atoms with Crippen LogP contribution < -0.4 is 11.1 Å². The first-order chi connectivity index (χ1) is 9.41. The summed E-state index contributed by atoms with van der Waals surface area (Å²) in [7, 11) is -0.454. The first-order valence-electron chi connectivity index (χ1n) is 6.57. The van der Waals surface area contributed by atoms with Gasteiger partial charge in [-0.3, -0.25) is 0 Å². The molecule has 0 amide bonds. The second-order valence-electron chi connectivity index (χ2n) is 5.09. The quantitative estimate of drug-likeness (QED) is 0.814. The third-order valence-electron chi connectivity index (χ3n) is 3.32. The summed E-state index contributed by atoms with van der Waals surface area (Å²) < 4.78 is 30.6. The van der Waals surface area contributed by atoms with Gasteiger partial charge in [-0.05, 0) is 31.0 Å². The molecule has 1 atom stereocenters. The van der Waals surface area contributed by atoms with Gasteiger partial charge < -0.3 is 15.8 Å². The molecule has 1 aromatic rings. The standard InChI is InChI=1S/C13H21N3O3S/c1-16(2)20(17,18)11-5-6-13(12(14)8-11)15-10-4-3-7-19-9-10/h5-6,8,10,15H,3-4,7,9,14H2,1-2H3.